The number of rotatable bonds is 3. The van der Waals surface area contributed by atoms with Crippen LogP contribution in [-0.2, 0) is 42.2 Å². The molecule has 0 aromatic heterocycles. The molecule has 7 atom stereocenters. The molecular formula is C21H31O3Y-. The molecule has 3 nitrogen and oxygen atoms in total. The van der Waals surface area contributed by atoms with E-state index in [4.69, 9.17) is 4.74 Å². The molecule has 0 spiro atoms. The molecule has 0 aromatic rings. The fourth-order valence-corrected chi connectivity index (χ4v) is 6.94. The van der Waals surface area contributed by atoms with Crippen molar-refractivity contribution in [2.24, 2.45) is 28.6 Å². The van der Waals surface area contributed by atoms with E-state index in [1.807, 2.05) is 6.29 Å². The SMILES string of the molecule is CC12CC[C@H](OC[C-]=O)C=C1CCC1C2CCC2(C)C(O)CCC12.[Y]. The second-order valence-electron chi connectivity index (χ2n) is 9.19. The number of carbonyl (C=O) groups excluding carboxylic acids is 1. The average Bonchev–Trinajstić information content (AvgIpc) is 2.88. The van der Waals surface area contributed by atoms with Gasteiger partial charge in [-0.15, -0.1) is 0 Å². The first-order chi connectivity index (χ1) is 11.5. The van der Waals surface area contributed by atoms with Crippen molar-refractivity contribution in [3.05, 3.63) is 11.6 Å². The van der Waals surface area contributed by atoms with Crippen LogP contribution in [0.1, 0.15) is 65.2 Å². The first-order valence-corrected chi connectivity index (χ1v) is 9.85. The van der Waals surface area contributed by atoms with Crippen molar-refractivity contribution in [1.82, 2.24) is 0 Å². The van der Waals surface area contributed by atoms with Crippen LogP contribution >= 0.6 is 0 Å². The predicted molar refractivity (Wildman–Crippen MR) is 93.1 cm³/mol. The van der Waals surface area contributed by atoms with Crippen molar-refractivity contribution < 1.29 is 47.3 Å². The summed E-state index contributed by atoms with van der Waals surface area (Å²) in [7, 11) is 0. The summed E-state index contributed by atoms with van der Waals surface area (Å²) in [6, 6.07) is 0. The molecule has 4 heteroatoms. The smallest absolute Gasteiger partial charge is 0.0726 e. The molecule has 0 heterocycles. The average molecular weight is 420 g/mol. The Morgan fingerprint density at radius 3 is 2.72 bits per heavy atom. The number of hydrogen-bond donors (Lipinski definition) is 1. The zero-order valence-corrected chi connectivity index (χ0v) is 18.5. The van der Waals surface area contributed by atoms with Gasteiger partial charge in [-0.3, -0.25) is 0 Å². The van der Waals surface area contributed by atoms with Crippen molar-refractivity contribution in [2.75, 3.05) is 6.61 Å². The maximum Gasteiger partial charge on any atom is 0.0726 e. The third-order valence-corrected chi connectivity index (χ3v) is 8.38. The Balaban J connectivity index is 0.00000182. The minimum atomic E-state index is -0.0862. The minimum absolute atomic E-state index is 0. The third-order valence-electron chi connectivity index (χ3n) is 8.38. The molecule has 4 aliphatic carbocycles. The summed E-state index contributed by atoms with van der Waals surface area (Å²) < 4.78 is 5.63. The Labute approximate surface area is 177 Å². The topological polar surface area (TPSA) is 46.5 Å². The summed E-state index contributed by atoms with van der Waals surface area (Å²) in [5.74, 6) is 2.26. The van der Waals surface area contributed by atoms with E-state index in [0.717, 1.165) is 24.7 Å². The van der Waals surface area contributed by atoms with Crippen LogP contribution in [0.4, 0.5) is 0 Å². The molecule has 0 saturated heterocycles. The van der Waals surface area contributed by atoms with E-state index in [1.165, 1.54) is 38.5 Å². The van der Waals surface area contributed by atoms with E-state index >= 15 is 0 Å². The van der Waals surface area contributed by atoms with Crippen molar-refractivity contribution in [2.45, 2.75) is 77.4 Å². The van der Waals surface area contributed by atoms with Gasteiger partial charge in [0.15, 0.2) is 0 Å². The zero-order valence-electron chi connectivity index (χ0n) is 15.7. The number of fused-ring (bicyclic) bond motifs is 5. The molecule has 6 unspecified atom stereocenters. The van der Waals surface area contributed by atoms with Gasteiger partial charge in [0.25, 0.3) is 0 Å². The molecule has 3 saturated carbocycles. The van der Waals surface area contributed by atoms with Crippen LogP contribution in [0.3, 0.4) is 0 Å². The molecule has 0 aliphatic heterocycles. The Morgan fingerprint density at radius 1 is 1.16 bits per heavy atom. The van der Waals surface area contributed by atoms with E-state index in [0.29, 0.717) is 11.3 Å². The van der Waals surface area contributed by atoms with Gasteiger partial charge in [0.2, 0.25) is 0 Å². The van der Waals surface area contributed by atoms with E-state index in [-0.39, 0.29) is 56.9 Å². The van der Waals surface area contributed by atoms with E-state index in [2.05, 4.69) is 19.9 Å². The van der Waals surface area contributed by atoms with Gasteiger partial charge in [-0.2, -0.15) is 0 Å². The third kappa shape index (κ3) is 3.15. The summed E-state index contributed by atoms with van der Waals surface area (Å²) in [6.45, 7) is 4.92. The molecular weight excluding hydrogens is 389 g/mol. The minimum Gasteiger partial charge on any atom is -0.540 e. The van der Waals surface area contributed by atoms with Crippen molar-refractivity contribution in [3.63, 3.8) is 0 Å². The molecule has 4 aliphatic rings. The molecule has 1 radical (unpaired) electrons. The summed E-state index contributed by atoms with van der Waals surface area (Å²) in [5, 5.41) is 10.5. The first kappa shape index (κ1) is 20.2. The van der Waals surface area contributed by atoms with Crippen LogP contribution < -0.4 is 0 Å². The Morgan fingerprint density at radius 2 is 1.96 bits per heavy atom. The molecule has 137 valence electrons. The van der Waals surface area contributed by atoms with Crippen LogP contribution in [-0.4, -0.2) is 30.2 Å². The van der Waals surface area contributed by atoms with E-state index in [9.17, 15) is 9.90 Å². The monoisotopic (exact) mass is 420 g/mol. The van der Waals surface area contributed by atoms with E-state index in [1.54, 1.807) is 5.57 Å². The van der Waals surface area contributed by atoms with E-state index < -0.39 is 0 Å². The summed E-state index contributed by atoms with van der Waals surface area (Å²) in [4.78, 5) is 10.5. The van der Waals surface area contributed by atoms with Gasteiger partial charge in [-0.1, -0.05) is 25.5 Å². The maximum atomic E-state index is 10.5. The van der Waals surface area contributed by atoms with Crippen LogP contribution in [0.15, 0.2) is 11.6 Å². The largest absolute Gasteiger partial charge is 0.540 e. The van der Waals surface area contributed by atoms with Crippen LogP contribution in [0.5, 0.6) is 0 Å². The van der Waals surface area contributed by atoms with Crippen LogP contribution in [0.2, 0.25) is 0 Å². The summed E-state index contributed by atoms with van der Waals surface area (Å²) in [6.07, 6.45) is 13.5. The Bertz CT molecular complexity index is 547. The van der Waals surface area contributed by atoms with Gasteiger partial charge in [0.05, 0.1) is 12.2 Å². The summed E-state index contributed by atoms with van der Waals surface area (Å²) in [5.41, 5.74) is 2.05. The first-order valence-electron chi connectivity index (χ1n) is 9.85. The summed E-state index contributed by atoms with van der Waals surface area (Å²) >= 11 is 0. The molecule has 1 N–H and O–H groups in total. The Kier molecular flexibility index (Phi) is 6.01. The van der Waals surface area contributed by atoms with Gasteiger partial charge in [-0.25, -0.2) is 6.29 Å². The molecule has 0 bridgehead atoms. The van der Waals surface area contributed by atoms with Gasteiger partial charge in [0.1, 0.15) is 0 Å². The standard InChI is InChI=1S/C21H31O3.Y/c1-20-9-7-15(24-12-11-22)13-14(20)3-4-16-17-5-6-19(23)21(17,2)10-8-18(16)20;/h13,15-19,23H,3-10,12H2,1-2H3;/q-1;/t15-,16?,17?,18?,19?,20?,21?;/m0./s1. The number of aliphatic hydroxyl groups excluding tert-OH is 1. The van der Waals surface area contributed by atoms with Gasteiger partial charge >= 0.3 is 0 Å². The quantitative estimate of drug-likeness (QED) is 0.558. The molecule has 3 fully saturated rings. The van der Waals surface area contributed by atoms with Crippen molar-refractivity contribution in [3.8, 4) is 0 Å². The normalized spacial score (nSPS) is 48.4. The van der Waals surface area contributed by atoms with Gasteiger partial charge in [-0.05, 0) is 86.6 Å². The zero-order chi connectivity index (χ0) is 16.9. The van der Waals surface area contributed by atoms with Gasteiger partial charge in [0, 0.05) is 32.7 Å². The molecule has 0 aromatic carbocycles. The van der Waals surface area contributed by atoms with Crippen molar-refractivity contribution in [1.29, 1.82) is 0 Å². The second-order valence-corrected chi connectivity index (χ2v) is 9.19. The van der Waals surface area contributed by atoms with Gasteiger partial charge < -0.3 is 14.6 Å². The van der Waals surface area contributed by atoms with Crippen LogP contribution in [0, 0.1) is 28.6 Å². The number of allylic oxidation sites excluding steroid dienone is 1. The molecule has 0 amide bonds. The number of aliphatic hydroxyl groups is 1. The van der Waals surface area contributed by atoms with Crippen molar-refractivity contribution >= 4 is 6.29 Å². The fourth-order valence-electron chi connectivity index (χ4n) is 6.94. The predicted octanol–water partition coefficient (Wildman–Crippen LogP) is 3.80. The van der Waals surface area contributed by atoms with Crippen LogP contribution in [0.25, 0.3) is 0 Å². The molecule has 25 heavy (non-hydrogen) atoms. The number of ether oxygens (including phenoxy) is 1. The molecule has 4 rings (SSSR count). The fraction of sp³-hybridized carbons (Fsp3) is 0.857. The maximum absolute atomic E-state index is 10.5. The second kappa shape index (κ2) is 7.45. The Hall–Kier alpha value is 0.434. The number of hydrogen-bond acceptors (Lipinski definition) is 3.